The summed E-state index contributed by atoms with van der Waals surface area (Å²) in [5, 5.41) is 9.83. The lowest BCUT2D eigenvalue weighted by Crippen LogP contribution is -2.64. The maximum Gasteiger partial charge on any atom is 0.448 e. The minimum atomic E-state index is -5.42. The van der Waals surface area contributed by atoms with E-state index in [0.717, 1.165) is 12.4 Å². The van der Waals surface area contributed by atoms with Crippen LogP contribution in [0.15, 0.2) is 0 Å². The van der Waals surface area contributed by atoms with Gasteiger partial charge in [-0.1, -0.05) is 0 Å². The Labute approximate surface area is 82.0 Å². The van der Waals surface area contributed by atoms with Crippen LogP contribution >= 0.6 is 0 Å². The molecule has 0 spiro atoms. The number of halogens is 3. The third-order valence-corrected chi connectivity index (χ3v) is 1.36. The highest BCUT2D eigenvalue weighted by Crippen LogP contribution is 2.29. The molecule has 0 aliphatic rings. The largest absolute Gasteiger partial charge is 0.465 e. The third kappa shape index (κ3) is 2.72. The number of rotatable bonds is 2. The highest BCUT2D eigenvalue weighted by molar-refractivity contribution is 5.84. The highest BCUT2D eigenvalue weighted by atomic mass is 19.4. The molecule has 0 aromatic heterocycles. The molecule has 1 atom stereocenters. The van der Waals surface area contributed by atoms with Gasteiger partial charge in [-0.2, -0.15) is 13.2 Å². The van der Waals surface area contributed by atoms with Crippen LogP contribution in [-0.2, 0) is 14.3 Å². The van der Waals surface area contributed by atoms with Crippen molar-refractivity contribution in [3.05, 3.63) is 0 Å². The Hall–Kier alpha value is -1.51. The molecular formula is C6H8F3NO5. The molecule has 0 rings (SSSR count). The van der Waals surface area contributed by atoms with Gasteiger partial charge in [-0.05, 0) is 0 Å². The summed E-state index contributed by atoms with van der Waals surface area (Å²) in [6.45, 7) is 0. The fraction of sp³-hybridized carbons (Fsp3) is 0.667. The standard InChI is InChI=1S/C6H8F3NO5/c1-14-3(11)5(13,6(7,8)9)10-4(12)15-2/h13H,1-2H3,(H,10,12)/t5-/m1/s1. The predicted molar refractivity (Wildman–Crippen MR) is 38.6 cm³/mol. The lowest BCUT2D eigenvalue weighted by atomic mass is 10.2. The monoisotopic (exact) mass is 231 g/mol. The number of alkyl halides is 3. The summed E-state index contributed by atoms with van der Waals surface area (Å²) < 4.78 is 44.2. The van der Waals surface area contributed by atoms with Crippen LogP contribution in [0.3, 0.4) is 0 Å². The molecule has 0 aliphatic carbocycles. The number of alkyl carbamates (subject to hydrolysis) is 1. The number of carbonyl (C=O) groups excluding carboxylic acids is 2. The number of esters is 1. The van der Waals surface area contributed by atoms with Crippen LogP contribution in [0.4, 0.5) is 18.0 Å². The van der Waals surface area contributed by atoms with E-state index in [-0.39, 0.29) is 0 Å². The van der Waals surface area contributed by atoms with Crippen LogP contribution in [-0.4, -0.2) is 43.3 Å². The fourth-order valence-electron chi connectivity index (χ4n) is 0.584. The second kappa shape index (κ2) is 4.34. The van der Waals surface area contributed by atoms with Crippen molar-refractivity contribution in [2.24, 2.45) is 0 Å². The first-order valence-corrected chi connectivity index (χ1v) is 3.42. The second-order valence-corrected chi connectivity index (χ2v) is 2.32. The summed E-state index contributed by atoms with van der Waals surface area (Å²) in [7, 11) is 1.39. The van der Waals surface area contributed by atoms with Gasteiger partial charge in [0, 0.05) is 0 Å². The fourth-order valence-corrected chi connectivity index (χ4v) is 0.584. The molecule has 1 amide bonds. The van der Waals surface area contributed by atoms with Crippen LogP contribution in [0, 0.1) is 0 Å². The Balaban J connectivity index is 5.04. The highest BCUT2D eigenvalue weighted by Gasteiger charge is 2.62. The van der Waals surface area contributed by atoms with Gasteiger partial charge in [0.1, 0.15) is 0 Å². The number of carbonyl (C=O) groups is 2. The summed E-state index contributed by atoms with van der Waals surface area (Å²) in [5.74, 6) is -2.07. The van der Waals surface area contributed by atoms with Gasteiger partial charge in [-0.15, -0.1) is 0 Å². The number of aliphatic hydroxyl groups is 1. The molecule has 15 heavy (non-hydrogen) atoms. The molecule has 0 radical (unpaired) electrons. The van der Waals surface area contributed by atoms with Gasteiger partial charge < -0.3 is 14.6 Å². The van der Waals surface area contributed by atoms with Crippen molar-refractivity contribution in [1.29, 1.82) is 0 Å². The minimum Gasteiger partial charge on any atom is -0.465 e. The summed E-state index contributed by atoms with van der Waals surface area (Å²) in [5.41, 5.74) is -4.12. The molecule has 0 bridgehead atoms. The molecule has 0 aliphatic heterocycles. The van der Waals surface area contributed by atoms with E-state index < -0.39 is 24.0 Å². The van der Waals surface area contributed by atoms with E-state index in [1.165, 1.54) is 0 Å². The molecule has 2 N–H and O–H groups in total. The summed E-state index contributed by atoms with van der Waals surface area (Å²) in [6.07, 6.45) is -7.05. The van der Waals surface area contributed by atoms with E-state index in [4.69, 9.17) is 5.11 Å². The van der Waals surface area contributed by atoms with E-state index in [1.807, 2.05) is 0 Å². The van der Waals surface area contributed by atoms with Crippen molar-refractivity contribution in [3.8, 4) is 0 Å². The van der Waals surface area contributed by atoms with Gasteiger partial charge in [0.25, 0.3) is 0 Å². The van der Waals surface area contributed by atoms with Gasteiger partial charge in [0.05, 0.1) is 14.2 Å². The molecular weight excluding hydrogens is 223 g/mol. The van der Waals surface area contributed by atoms with Gasteiger partial charge in [0.15, 0.2) is 0 Å². The van der Waals surface area contributed by atoms with Gasteiger partial charge in [0.2, 0.25) is 0 Å². The van der Waals surface area contributed by atoms with Crippen molar-refractivity contribution in [2.45, 2.75) is 11.9 Å². The second-order valence-electron chi connectivity index (χ2n) is 2.32. The van der Waals surface area contributed by atoms with Crippen LogP contribution in [0.1, 0.15) is 0 Å². The van der Waals surface area contributed by atoms with Crippen molar-refractivity contribution >= 4 is 12.1 Å². The maximum absolute atomic E-state index is 12.2. The lowest BCUT2D eigenvalue weighted by Gasteiger charge is -2.27. The van der Waals surface area contributed by atoms with Crippen molar-refractivity contribution < 1.29 is 37.3 Å². The quantitative estimate of drug-likeness (QED) is 0.506. The number of ether oxygens (including phenoxy) is 2. The molecule has 9 heteroatoms. The zero-order chi connectivity index (χ0) is 12.3. The van der Waals surface area contributed by atoms with Crippen LogP contribution in [0.25, 0.3) is 0 Å². The van der Waals surface area contributed by atoms with Crippen molar-refractivity contribution in [3.63, 3.8) is 0 Å². The van der Waals surface area contributed by atoms with Crippen LogP contribution < -0.4 is 5.32 Å². The lowest BCUT2D eigenvalue weighted by molar-refractivity contribution is -0.268. The zero-order valence-corrected chi connectivity index (χ0v) is 7.71. The Morgan fingerprint density at radius 2 is 1.67 bits per heavy atom. The molecule has 6 nitrogen and oxygen atoms in total. The summed E-state index contributed by atoms with van der Waals surface area (Å²) >= 11 is 0. The normalized spacial score (nSPS) is 15.1. The molecule has 0 aromatic carbocycles. The average Bonchev–Trinajstić information content (AvgIpc) is 2.14. The summed E-state index contributed by atoms with van der Waals surface area (Å²) in [6, 6.07) is 0. The van der Waals surface area contributed by atoms with E-state index >= 15 is 0 Å². The Morgan fingerprint density at radius 3 is 1.93 bits per heavy atom. The number of hydrogen-bond acceptors (Lipinski definition) is 5. The maximum atomic E-state index is 12.2. The molecule has 0 unspecified atom stereocenters. The smallest absolute Gasteiger partial charge is 0.448 e. The number of nitrogens with one attached hydrogen (secondary N) is 1. The average molecular weight is 231 g/mol. The first-order valence-electron chi connectivity index (χ1n) is 3.42. The first kappa shape index (κ1) is 13.5. The molecule has 0 fully saturated rings. The topological polar surface area (TPSA) is 84.9 Å². The van der Waals surface area contributed by atoms with E-state index in [0.29, 0.717) is 7.11 Å². The van der Waals surface area contributed by atoms with Crippen molar-refractivity contribution in [2.75, 3.05) is 14.2 Å². The van der Waals surface area contributed by atoms with E-state index in [1.54, 1.807) is 0 Å². The Bertz CT molecular complexity index is 266. The molecule has 0 heterocycles. The Kier molecular flexibility index (Phi) is 3.90. The summed E-state index contributed by atoms with van der Waals surface area (Å²) in [4.78, 5) is 21.2. The van der Waals surface area contributed by atoms with Crippen LogP contribution in [0.2, 0.25) is 0 Å². The predicted octanol–water partition coefficient (Wildman–Crippen LogP) is -0.234. The third-order valence-electron chi connectivity index (χ3n) is 1.36. The zero-order valence-electron chi connectivity index (χ0n) is 7.71. The van der Waals surface area contributed by atoms with E-state index in [2.05, 4.69) is 9.47 Å². The minimum absolute atomic E-state index is 0.623. The SMILES string of the molecule is COC(=O)N[C@@](O)(C(=O)OC)C(F)(F)F. The molecule has 88 valence electrons. The first-order chi connectivity index (χ1) is 6.69. The number of methoxy groups -OCH3 is 2. The molecule has 0 aromatic rings. The Morgan fingerprint density at radius 1 is 1.20 bits per heavy atom. The number of amides is 1. The van der Waals surface area contributed by atoms with Crippen LogP contribution in [0.5, 0.6) is 0 Å². The van der Waals surface area contributed by atoms with E-state index in [9.17, 15) is 22.8 Å². The van der Waals surface area contributed by atoms with Crippen molar-refractivity contribution in [1.82, 2.24) is 5.32 Å². The number of hydrogen-bond donors (Lipinski definition) is 2. The van der Waals surface area contributed by atoms with Gasteiger partial charge in [-0.25, -0.2) is 9.59 Å². The molecule has 0 saturated carbocycles. The van der Waals surface area contributed by atoms with Gasteiger partial charge >= 0.3 is 24.0 Å². The van der Waals surface area contributed by atoms with Gasteiger partial charge in [-0.3, -0.25) is 5.32 Å². The molecule has 0 saturated heterocycles.